The molecule has 3 aromatic rings. The van der Waals surface area contributed by atoms with Crippen molar-refractivity contribution in [2.24, 2.45) is 0 Å². The summed E-state index contributed by atoms with van der Waals surface area (Å²) in [6.45, 7) is 3.84. The first kappa shape index (κ1) is 19.6. The van der Waals surface area contributed by atoms with Gasteiger partial charge in [0.25, 0.3) is 15.9 Å². The lowest BCUT2D eigenvalue weighted by atomic mass is 10.1. The molecule has 1 amide bonds. The molecule has 0 saturated carbocycles. The molecule has 0 radical (unpaired) electrons. The van der Waals surface area contributed by atoms with Crippen LogP contribution in [0.2, 0.25) is 0 Å². The van der Waals surface area contributed by atoms with Gasteiger partial charge in [0, 0.05) is 11.3 Å². The van der Waals surface area contributed by atoms with E-state index in [1.54, 1.807) is 18.2 Å². The maximum absolute atomic E-state index is 13.6. The highest BCUT2D eigenvalue weighted by Crippen LogP contribution is 2.20. The Balaban J connectivity index is 1.76. The van der Waals surface area contributed by atoms with E-state index in [0.29, 0.717) is 5.69 Å². The summed E-state index contributed by atoms with van der Waals surface area (Å²) < 4.78 is 41.3. The normalized spacial score (nSPS) is 11.1. The van der Waals surface area contributed by atoms with Crippen LogP contribution in [0.4, 0.5) is 15.8 Å². The molecule has 0 aromatic heterocycles. The van der Waals surface area contributed by atoms with E-state index < -0.39 is 21.7 Å². The van der Waals surface area contributed by atoms with Gasteiger partial charge >= 0.3 is 0 Å². The van der Waals surface area contributed by atoms with E-state index in [-0.39, 0.29) is 16.1 Å². The first-order valence-corrected chi connectivity index (χ1v) is 10.0. The van der Waals surface area contributed by atoms with Crippen molar-refractivity contribution in [3.63, 3.8) is 0 Å². The minimum Gasteiger partial charge on any atom is -0.319 e. The zero-order valence-electron chi connectivity index (χ0n) is 15.4. The van der Waals surface area contributed by atoms with Crippen LogP contribution in [0.15, 0.2) is 71.6 Å². The van der Waals surface area contributed by atoms with Gasteiger partial charge in [-0.25, -0.2) is 12.8 Å². The fraction of sp³-hybridized carbons (Fsp3) is 0.0952. The largest absolute Gasteiger partial charge is 0.319 e. The van der Waals surface area contributed by atoms with Crippen LogP contribution in [0.1, 0.15) is 21.5 Å². The van der Waals surface area contributed by atoms with E-state index in [0.717, 1.165) is 11.1 Å². The third-order valence-corrected chi connectivity index (χ3v) is 5.71. The van der Waals surface area contributed by atoms with Crippen LogP contribution >= 0.6 is 0 Å². The van der Waals surface area contributed by atoms with Crippen molar-refractivity contribution in [2.45, 2.75) is 18.7 Å². The average Bonchev–Trinajstić information content (AvgIpc) is 2.66. The molecule has 7 heteroatoms. The predicted molar refractivity (Wildman–Crippen MR) is 108 cm³/mol. The number of rotatable bonds is 5. The number of benzene rings is 3. The molecule has 0 aliphatic carbocycles. The summed E-state index contributed by atoms with van der Waals surface area (Å²) >= 11 is 0. The molecule has 3 rings (SSSR count). The van der Waals surface area contributed by atoms with Crippen LogP contribution in [-0.2, 0) is 10.0 Å². The number of carbonyl (C=O) groups excluding carboxylic acids is 1. The lowest BCUT2D eigenvalue weighted by Gasteiger charge is -2.11. The Morgan fingerprint density at radius 2 is 1.57 bits per heavy atom. The number of amides is 1. The highest BCUT2D eigenvalue weighted by molar-refractivity contribution is 7.92. The number of nitrogens with one attached hydrogen (secondary N) is 2. The number of anilines is 2. The number of para-hydroxylation sites is 1. The van der Waals surface area contributed by atoms with Crippen molar-refractivity contribution in [1.82, 2.24) is 0 Å². The third kappa shape index (κ3) is 4.37. The van der Waals surface area contributed by atoms with Crippen LogP contribution in [0.25, 0.3) is 0 Å². The average molecular weight is 398 g/mol. The van der Waals surface area contributed by atoms with Gasteiger partial charge < -0.3 is 5.32 Å². The molecule has 0 saturated heterocycles. The Morgan fingerprint density at radius 1 is 0.893 bits per heavy atom. The zero-order chi connectivity index (χ0) is 20.3. The van der Waals surface area contributed by atoms with Crippen LogP contribution in [0, 0.1) is 19.7 Å². The molecule has 144 valence electrons. The molecule has 0 heterocycles. The zero-order valence-corrected chi connectivity index (χ0v) is 16.2. The first-order chi connectivity index (χ1) is 13.3. The maximum Gasteiger partial charge on any atom is 0.261 e. The van der Waals surface area contributed by atoms with E-state index >= 15 is 0 Å². The quantitative estimate of drug-likeness (QED) is 0.665. The van der Waals surface area contributed by atoms with Gasteiger partial charge in [-0.2, -0.15) is 0 Å². The van der Waals surface area contributed by atoms with Crippen molar-refractivity contribution in [1.29, 1.82) is 0 Å². The summed E-state index contributed by atoms with van der Waals surface area (Å²) in [6.07, 6.45) is 0. The molecule has 3 aromatic carbocycles. The van der Waals surface area contributed by atoms with Gasteiger partial charge in [0.1, 0.15) is 5.82 Å². The number of halogens is 1. The minimum atomic E-state index is -3.79. The van der Waals surface area contributed by atoms with Crippen molar-refractivity contribution < 1.29 is 17.6 Å². The Kier molecular flexibility index (Phi) is 5.46. The fourth-order valence-electron chi connectivity index (χ4n) is 2.56. The summed E-state index contributed by atoms with van der Waals surface area (Å²) in [5, 5.41) is 2.46. The minimum absolute atomic E-state index is 0.0215. The SMILES string of the molecule is Cc1ccc(NS(=O)(=O)c2ccc(C(=O)Nc3ccccc3F)cc2)cc1C. The second-order valence-electron chi connectivity index (χ2n) is 6.36. The Bertz CT molecular complexity index is 1130. The summed E-state index contributed by atoms with van der Waals surface area (Å²) in [7, 11) is -3.79. The van der Waals surface area contributed by atoms with Crippen molar-refractivity contribution in [3.8, 4) is 0 Å². The van der Waals surface area contributed by atoms with Crippen molar-refractivity contribution in [3.05, 3.63) is 89.2 Å². The molecule has 0 aliphatic heterocycles. The molecule has 2 N–H and O–H groups in total. The number of hydrogen-bond acceptors (Lipinski definition) is 3. The van der Waals surface area contributed by atoms with E-state index in [9.17, 15) is 17.6 Å². The third-order valence-electron chi connectivity index (χ3n) is 4.31. The lowest BCUT2D eigenvalue weighted by Crippen LogP contribution is -2.15. The smallest absolute Gasteiger partial charge is 0.261 e. The number of carbonyl (C=O) groups is 1. The molecule has 0 aliphatic rings. The van der Waals surface area contributed by atoms with Crippen molar-refractivity contribution >= 4 is 27.3 Å². The molecule has 5 nitrogen and oxygen atoms in total. The summed E-state index contributed by atoms with van der Waals surface area (Å²) in [5.41, 5.74) is 2.77. The van der Waals surface area contributed by atoms with Crippen LogP contribution < -0.4 is 10.0 Å². The molecule has 28 heavy (non-hydrogen) atoms. The fourth-order valence-corrected chi connectivity index (χ4v) is 3.61. The number of sulfonamides is 1. The molecule has 0 fully saturated rings. The second-order valence-corrected chi connectivity index (χ2v) is 8.05. The van der Waals surface area contributed by atoms with Crippen LogP contribution in [0.5, 0.6) is 0 Å². The number of hydrogen-bond donors (Lipinski definition) is 2. The first-order valence-electron chi connectivity index (χ1n) is 8.52. The van der Waals surface area contributed by atoms with E-state index in [2.05, 4.69) is 10.0 Å². The van der Waals surface area contributed by atoms with Gasteiger partial charge in [-0.05, 0) is 73.5 Å². The molecular weight excluding hydrogens is 379 g/mol. The van der Waals surface area contributed by atoms with Gasteiger partial charge in [-0.15, -0.1) is 0 Å². The molecule has 0 atom stereocenters. The highest BCUT2D eigenvalue weighted by Gasteiger charge is 2.16. The summed E-state index contributed by atoms with van der Waals surface area (Å²) in [6, 6.07) is 16.5. The van der Waals surface area contributed by atoms with Crippen LogP contribution in [0.3, 0.4) is 0 Å². The topological polar surface area (TPSA) is 75.3 Å². The molecule has 0 bridgehead atoms. The Morgan fingerprint density at radius 3 is 2.21 bits per heavy atom. The second kappa shape index (κ2) is 7.82. The van der Waals surface area contributed by atoms with E-state index in [4.69, 9.17) is 0 Å². The number of aryl methyl sites for hydroxylation is 2. The Hall–Kier alpha value is -3.19. The van der Waals surface area contributed by atoms with Gasteiger partial charge in [0.2, 0.25) is 0 Å². The van der Waals surface area contributed by atoms with Gasteiger partial charge in [-0.3, -0.25) is 9.52 Å². The van der Waals surface area contributed by atoms with E-state index in [1.807, 2.05) is 19.9 Å². The van der Waals surface area contributed by atoms with Gasteiger partial charge in [0.05, 0.1) is 10.6 Å². The van der Waals surface area contributed by atoms with E-state index in [1.165, 1.54) is 42.5 Å². The van der Waals surface area contributed by atoms with Gasteiger partial charge in [0.15, 0.2) is 0 Å². The van der Waals surface area contributed by atoms with Crippen molar-refractivity contribution in [2.75, 3.05) is 10.0 Å². The lowest BCUT2D eigenvalue weighted by molar-refractivity contribution is 0.102. The molecule has 0 spiro atoms. The summed E-state index contributed by atoms with van der Waals surface area (Å²) in [5.74, 6) is -1.08. The standard InChI is InChI=1S/C21H19FN2O3S/c1-14-7-10-17(13-15(14)2)24-28(26,27)18-11-8-16(9-12-18)21(25)23-20-6-4-3-5-19(20)22/h3-13,24H,1-2H3,(H,23,25). The molecular formula is C21H19FN2O3S. The van der Waals surface area contributed by atoms with Crippen LogP contribution in [-0.4, -0.2) is 14.3 Å². The Labute approximate surface area is 163 Å². The maximum atomic E-state index is 13.6. The monoisotopic (exact) mass is 398 g/mol. The highest BCUT2D eigenvalue weighted by atomic mass is 32.2. The summed E-state index contributed by atoms with van der Waals surface area (Å²) in [4.78, 5) is 12.3. The predicted octanol–water partition coefficient (Wildman–Crippen LogP) is 4.50. The molecule has 0 unspecified atom stereocenters. The van der Waals surface area contributed by atoms with Gasteiger partial charge in [-0.1, -0.05) is 18.2 Å².